The van der Waals surface area contributed by atoms with Crippen molar-refractivity contribution in [3.8, 4) is 11.5 Å². The maximum Gasteiger partial charge on any atom is 0.255 e. The van der Waals surface area contributed by atoms with Gasteiger partial charge in [-0.25, -0.2) is 0 Å². The van der Waals surface area contributed by atoms with E-state index in [1.165, 1.54) is 0 Å². The first-order chi connectivity index (χ1) is 14.5. The van der Waals surface area contributed by atoms with Crippen molar-refractivity contribution in [2.24, 2.45) is 0 Å². The van der Waals surface area contributed by atoms with E-state index < -0.39 is 6.10 Å². The first kappa shape index (κ1) is 21.7. The van der Waals surface area contributed by atoms with E-state index in [0.29, 0.717) is 52.1 Å². The van der Waals surface area contributed by atoms with Crippen LogP contribution in [0.5, 0.6) is 11.5 Å². The molecule has 0 bridgehead atoms. The van der Waals surface area contributed by atoms with Crippen molar-refractivity contribution < 1.29 is 19.4 Å². The zero-order valence-electron chi connectivity index (χ0n) is 16.9. The highest BCUT2D eigenvalue weighted by Crippen LogP contribution is 2.32. The number of halogens is 1. The standard InChI is InChI=1S/C24H24ClNO4/c1-3-29-19-12-17(13-20(15-19)30-4-2)24(28)26-22-11-10-18(25)14-21(22)23(27)16-8-6-5-7-9-16/h5-15,23,27H,3-4H2,1-2H3,(H,26,28)/t23-/m1/s1. The highest BCUT2D eigenvalue weighted by molar-refractivity contribution is 6.30. The molecule has 5 nitrogen and oxygen atoms in total. The molecule has 156 valence electrons. The van der Waals surface area contributed by atoms with Gasteiger partial charge in [-0.15, -0.1) is 0 Å². The van der Waals surface area contributed by atoms with Crippen LogP contribution in [0.4, 0.5) is 5.69 Å². The molecule has 1 amide bonds. The fourth-order valence-corrected chi connectivity index (χ4v) is 3.27. The van der Waals surface area contributed by atoms with Gasteiger partial charge in [0.25, 0.3) is 5.91 Å². The van der Waals surface area contributed by atoms with Gasteiger partial charge in [-0.05, 0) is 49.7 Å². The van der Waals surface area contributed by atoms with Gasteiger partial charge < -0.3 is 19.9 Å². The zero-order chi connectivity index (χ0) is 21.5. The van der Waals surface area contributed by atoms with E-state index in [4.69, 9.17) is 21.1 Å². The first-order valence-electron chi connectivity index (χ1n) is 9.76. The Morgan fingerprint density at radius 3 is 2.20 bits per heavy atom. The van der Waals surface area contributed by atoms with Crippen LogP contribution in [0.1, 0.15) is 41.4 Å². The van der Waals surface area contributed by atoms with Crippen LogP contribution in [0, 0.1) is 0 Å². The Bertz CT molecular complexity index is 983. The molecule has 0 unspecified atom stereocenters. The highest BCUT2D eigenvalue weighted by atomic mass is 35.5. The molecular formula is C24H24ClNO4. The number of nitrogens with one attached hydrogen (secondary N) is 1. The van der Waals surface area contributed by atoms with Crippen LogP contribution in [-0.2, 0) is 0 Å². The zero-order valence-corrected chi connectivity index (χ0v) is 17.6. The Morgan fingerprint density at radius 1 is 0.967 bits per heavy atom. The maximum atomic E-state index is 13.0. The van der Waals surface area contributed by atoms with E-state index in [9.17, 15) is 9.90 Å². The lowest BCUT2D eigenvalue weighted by atomic mass is 9.99. The average Bonchev–Trinajstić information content (AvgIpc) is 2.75. The largest absolute Gasteiger partial charge is 0.494 e. The van der Waals surface area contributed by atoms with Gasteiger partial charge in [-0.1, -0.05) is 41.9 Å². The molecule has 3 rings (SSSR count). The van der Waals surface area contributed by atoms with Crippen LogP contribution >= 0.6 is 11.6 Å². The van der Waals surface area contributed by atoms with E-state index in [0.717, 1.165) is 0 Å². The van der Waals surface area contributed by atoms with E-state index >= 15 is 0 Å². The third kappa shape index (κ3) is 5.32. The smallest absolute Gasteiger partial charge is 0.255 e. The van der Waals surface area contributed by atoms with Crippen molar-refractivity contribution in [3.05, 3.63) is 88.4 Å². The molecule has 0 aliphatic heterocycles. The number of anilines is 1. The molecular weight excluding hydrogens is 402 g/mol. The summed E-state index contributed by atoms with van der Waals surface area (Å²) in [5, 5.41) is 14.2. The Labute approximate surface area is 181 Å². The molecule has 30 heavy (non-hydrogen) atoms. The number of carbonyl (C=O) groups is 1. The fraction of sp³-hybridized carbons (Fsp3) is 0.208. The normalized spacial score (nSPS) is 11.6. The number of hydrogen-bond acceptors (Lipinski definition) is 4. The minimum absolute atomic E-state index is 0.346. The number of benzene rings is 3. The van der Waals surface area contributed by atoms with Crippen molar-refractivity contribution >= 4 is 23.2 Å². The number of aliphatic hydroxyl groups excluding tert-OH is 1. The van der Waals surface area contributed by atoms with Crippen LogP contribution in [-0.4, -0.2) is 24.2 Å². The maximum absolute atomic E-state index is 13.0. The summed E-state index contributed by atoms with van der Waals surface area (Å²) >= 11 is 6.16. The Kier molecular flexibility index (Phi) is 7.33. The van der Waals surface area contributed by atoms with Crippen LogP contribution in [0.25, 0.3) is 0 Å². The summed E-state index contributed by atoms with van der Waals surface area (Å²) in [6.07, 6.45) is -0.936. The predicted molar refractivity (Wildman–Crippen MR) is 119 cm³/mol. The Balaban J connectivity index is 1.92. The molecule has 0 radical (unpaired) electrons. The average molecular weight is 426 g/mol. The molecule has 1 atom stereocenters. The molecule has 0 aliphatic carbocycles. The minimum atomic E-state index is -0.936. The van der Waals surface area contributed by atoms with Crippen molar-refractivity contribution in [1.29, 1.82) is 0 Å². The van der Waals surface area contributed by atoms with Crippen molar-refractivity contribution in [3.63, 3.8) is 0 Å². The number of carbonyl (C=O) groups excluding carboxylic acids is 1. The summed E-state index contributed by atoms with van der Waals surface area (Å²) in [5.74, 6) is 0.754. The SMILES string of the molecule is CCOc1cc(OCC)cc(C(=O)Nc2ccc(Cl)cc2[C@H](O)c2ccccc2)c1. The summed E-state index contributed by atoms with van der Waals surface area (Å²) in [6, 6.07) is 19.2. The van der Waals surface area contributed by atoms with Crippen molar-refractivity contribution in [2.75, 3.05) is 18.5 Å². The van der Waals surface area contributed by atoms with Gasteiger partial charge in [-0.3, -0.25) is 4.79 Å². The van der Waals surface area contributed by atoms with E-state index in [1.807, 2.05) is 44.2 Å². The summed E-state index contributed by atoms with van der Waals surface area (Å²) in [5.41, 5.74) is 2.07. The first-order valence-corrected chi connectivity index (χ1v) is 10.1. The number of rotatable bonds is 8. The van der Waals surface area contributed by atoms with E-state index in [2.05, 4.69) is 5.32 Å². The van der Waals surface area contributed by atoms with Gasteiger partial charge >= 0.3 is 0 Å². The summed E-state index contributed by atoms with van der Waals surface area (Å²) in [4.78, 5) is 13.0. The third-order valence-corrected chi connectivity index (χ3v) is 4.67. The number of hydrogen-bond donors (Lipinski definition) is 2. The molecule has 0 saturated heterocycles. The molecule has 3 aromatic carbocycles. The van der Waals surface area contributed by atoms with Crippen molar-refractivity contribution in [2.45, 2.75) is 20.0 Å². The number of ether oxygens (including phenoxy) is 2. The molecule has 0 spiro atoms. The van der Waals surface area contributed by atoms with E-state index in [1.54, 1.807) is 36.4 Å². The molecule has 6 heteroatoms. The van der Waals surface area contributed by atoms with Gasteiger partial charge in [0.1, 0.15) is 17.6 Å². The van der Waals surface area contributed by atoms with Gasteiger partial charge in [0.15, 0.2) is 0 Å². The van der Waals surface area contributed by atoms with Gasteiger partial charge in [0.05, 0.1) is 13.2 Å². The van der Waals surface area contributed by atoms with Crippen LogP contribution in [0.2, 0.25) is 5.02 Å². The Hall–Kier alpha value is -3.02. The lowest BCUT2D eigenvalue weighted by Gasteiger charge is -2.18. The third-order valence-electron chi connectivity index (χ3n) is 4.44. The lowest BCUT2D eigenvalue weighted by Crippen LogP contribution is -2.15. The van der Waals surface area contributed by atoms with E-state index in [-0.39, 0.29) is 5.91 Å². The minimum Gasteiger partial charge on any atom is -0.494 e. The predicted octanol–water partition coefficient (Wildman–Crippen LogP) is 5.47. The van der Waals surface area contributed by atoms with Crippen LogP contribution in [0.15, 0.2) is 66.7 Å². The number of aliphatic hydroxyl groups is 1. The van der Waals surface area contributed by atoms with Gasteiger partial charge in [0, 0.05) is 27.9 Å². The molecule has 3 aromatic rings. The molecule has 0 aromatic heterocycles. The fourth-order valence-electron chi connectivity index (χ4n) is 3.09. The van der Waals surface area contributed by atoms with Gasteiger partial charge in [0.2, 0.25) is 0 Å². The summed E-state index contributed by atoms with van der Waals surface area (Å²) in [6.45, 7) is 4.69. The quantitative estimate of drug-likeness (QED) is 0.502. The summed E-state index contributed by atoms with van der Waals surface area (Å²) < 4.78 is 11.1. The van der Waals surface area contributed by atoms with Crippen molar-refractivity contribution in [1.82, 2.24) is 0 Å². The second kappa shape index (κ2) is 10.1. The van der Waals surface area contributed by atoms with Crippen LogP contribution in [0.3, 0.4) is 0 Å². The molecule has 0 saturated carbocycles. The lowest BCUT2D eigenvalue weighted by molar-refractivity contribution is 0.102. The monoisotopic (exact) mass is 425 g/mol. The molecule has 0 aliphatic rings. The second-order valence-electron chi connectivity index (χ2n) is 6.56. The topological polar surface area (TPSA) is 67.8 Å². The Morgan fingerprint density at radius 2 is 1.60 bits per heavy atom. The second-order valence-corrected chi connectivity index (χ2v) is 6.99. The molecule has 0 heterocycles. The summed E-state index contributed by atoms with van der Waals surface area (Å²) in [7, 11) is 0. The molecule has 2 N–H and O–H groups in total. The molecule has 0 fully saturated rings. The van der Waals surface area contributed by atoms with Crippen LogP contribution < -0.4 is 14.8 Å². The van der Waals surface area contributed by atoms with Gasteiger partial charge in [-0.2, -0.15) is 0 Å². The number of amides is 1. The highest BCUT2D eigenvalue weighted by Gasteiger charge is 2.18.